The van der Waals surface area contributed by atoms with Gasteiger partial charge in [0.2, 0.25) is 5.95 Å². The summed E-state index contributed by atoms with van der Waals surface area (Å²) in [6.45, 7) is 0.666. The van der Waals surface area contributed by atoms with Crippen LogP contribution in [0, 0.1) is 0 Å². The third-order valence-electron chi connectivity index (χ3n) is 2.02. The fraction of sp³-hybridized carbons (Fsp3) is 0.222. The topological polar surface area (TPSA) is 94.0 Å². The van der Waals surface area contributed by atoms with E-state index in [4.69, 9.17) is 11.5 Å². The van der Waals surface area contributed by atoms with Crippen molar-refractivity contribution >= 4 is 28.9 Å². The van der Waals surface area contributed by atoms with E-state index in [0.29, 0.717) is 18.2 Å². The molecule has 16 heavy (non-hydrogen) atoms. The highest BCUT2D eigenvalue weighted by Gasteiger charge is 2.07. The molecular weight excluding hydrogens is 224 g/mol. The summed E-state index contributed by atoms with van der Waals surface area (Å²) in [5, 5.41) is 1.99. The van der Waals surface area contributed by atoms with E-state index in [1.54, 1.807) is 22.9 Å². The van der Waals surface area contributed by atoms with Crippen molar-refractivity contribution in [2.75, 3.05) is 23.4 Å². The SMILES string of the molecule is CN(Cc1cscn1)c1cc(N)nc(N)n1. The monoisotopic (exact) mass is 236 g/mol. The van der Waals surface area contributed by atoms with E-state index in [1.807, 2.05) is 17.3 Å². The van der Waals surface area contributed by atoms with Crippen LogP contribution in [0.5, 0.6) is 0 Å². The van der Waals surface area contributed by atoms with Gasteiger partial charge in [-0.25, -0.2) is 4.98 Å². The molecule has 0 aliphatic carbocycles. The van der Waals surface area contributed by atoms with Crippen molar-refractivity contribution in [2.24, 2.45) is 0 Å². The average molecular weight is 236 g/mol. The number of nitrogens with zero attached hydrogens (tertiary/aromatic N) is 4. The number of anilines is 3. The Morgan fingerprint density at radius 2 is 2.19 bits per heavy atom. The number of hydrogen-bond acceptors (Lipinski definition) is 7. The van der Waals surface area contributed by atoms with Crippen LogP contribution in [0.2, 0.25) is 0 Å². The molecule has 0 aromatic carbocycles. The summed E-state index contributed by atoms with van der Waals surface area (Å²) in [6, 6.07) is 1.68. The third-order valence-corrected chi connectivity index (χ3v) is 2.66. The zero-order valence-corrected chi connectivity index (χ0v) is 9.61. The van der Waals surface area contributed by atoms with Gasteiger partial charge >= 0.3 is 0 Å². The van der Waals surface area contributed by atoms with Crippen molar-refractivity contribution in [3.8, 4) is 0 Å². The Bertz CT molecular complexity index is 449. The molecule has 0 radical (unpaired) electrons. The van der Waals surface area contributed by atoms with E-state index >= 15 is 0 Å². The van der Waals surface area contributed by atoms with Gasteiger partial charge in [-0.1, -0.05) is 0 Å². The lowest BCUT2D eigenvalue weighted by Crippen LogP contribution is -2.19. The van der Waals surface area contributed by atoms with E-state index < -0.39 is 0 Å². The molecule has 2 rings (SSSR count). The van der Waals surface area contributed by atoms with Crippen molar-refractivity contribution in [2.45, 2.75) is 6.54 Å². The highest BCUT2D eigenvalue weighted by atomic mass is 32.1. The molecule has 0 amide bonds. The molecule has 2 aromatic rings. The van der Waals surface area contributed by atoms with E-state index in [9.17, 15) is 0 Å². The van der Waals surface area contributed by atoms with Crippen LogP contribution >= 0.6 is 11.3 Å². The number of aromatic nitrogens is 3. The molecule has 4 N–H and O–H groups in total. The molecule has 0 spiro atoms. The normalized spacial score (nSPS) is 10.3. The summed E-state index contributed by atoms with van der Waals surface area (Å²) in [4.78, 5) is 14.0. The maximum Gasteiger partial charge on any atom is 0.223 e. The van der Waals surface area contributed by atoms with Crippen molar-refractivity contribution < 1.29 is 0 Å². The second-order valence-corrected chi connectivity index (χ2v) is 4.06. The van der Waals surface area contributed by atoms with Gasteiger partial charge in [0.05, 0.1) is 17.7 Å². The average Bonchev–Trinajstić information content (AvgIpc) is 2.68. The van der Waals surface area contributed by atoms with Crippen molar-refractivity contribution in [1.29, 1.82) is 0 Å². The Labute approximate surface area is 97.0 Å². The number of nitrogen functional groups attached to an aromatic ring is 2. The Kier molecular flexibility index (Phi) is 2.86. The Hall–Kier alpha value is -1.89. The van der Waals surface area contributed by atoms with Crippen LogP contribution in [-0.2, 0) is 6.54 Å². The molecule has 6 nitrogen and oxygen atoms in total. The van der Waals surface area contributed by atoms with Gasteiger partial charge in [-0.3, -0.25) is 0 Å². The molecule has 0 bridgehead atoms. The predicted molar refractivity (Wildman–Crippen MR) is 65.1 cm³/mol. The van der Waals surface area contributed by atoms with Crippen molar-refractivity contribution in [3.63, 3.8) is 0 Å². The summed E-state index contributed by atoms with van der Waals surface area (Å²) >= 11 is 1.56. The summed E-state index contributed by atoms with van der Waals surface area (Å²) in [5.41, 5.74) is 13.9. The maximum absolute atomic E-state index is 5.60. The largest absolute Gasteiger partial charge is 0.383 e. The highest BCUT2D eigenvalue weighted by molar-refractivity contribution is 7.07. The van der Waals surface area contributed by atoms with Gasteiger partial charge < -0.3 is 16.4 Å². The van der Waals surface area contributed by atoms with Crippen LogP contribution < -0.4 is 16.4 Å². The first kappa shape index (κ1) is 10.6. The Morgan fingerprint density at radius 1 is 1.38 bits per heavy atom. The number of nitrogens with two attached hydrogens (primary N) is 2. The Balaban J connectivity index is 2.17. The van der Waals surface area contributed by atoms with Gasteiger partial charge in [0, 0.05) is 18.5 Å². The van der Waals surface area contributed by atoms with Crippen LogP contribution in [0.25, 0.3) is 0 Å². The fourth-order valence-electron chi connectivity index (χ4n) is 1.31. The van der Waals surface area contributed by atoms with Gasteiger partial charge in [-0.2, -0.15) is 9.97 Å². The minimum Gasteiger partial charge on any atom is -0.383 e. The van der Waals surface area contributed by atoms with E-state index in [1.165, 1.54) is 0 Å². The van der Waals surface area contributed by atoms with Gasteiger partial charge in [-0.15, -0.1) is 11.3 Å². The number of thiazole rings is 1. The van der Waals surface area contributed by atoms with Crippen LogP contribution in [0.3, 0.4) is 0 Å². The van der Waals surface area contributed by atoms with Gasteiger partial charge in [0.25, 0.3) is 0 Å². The van der Waals surface area contributed by atoms with Crippen molar-refractivity contribution in [3.05, 3.63) is 22.7 Å². The summed E-state index contributed by atoms with van der Waals surface area (Å²) in [6.07, 6.45) is 0. The maximum atomic E-state index is 5.60. The van der Waals surface area contributed by atoms with E-state index in [0.717, 1.165) is 5.69 Å². The second kappa shape index (κ2) is 4.31. The number of rotatable bonds is 3. The first-order valence-electron chi connectivity index (χ1n) is 4.63. The molecule has 0 fully saturated rings. The summed E-state index contributed by atoms with van der Waals surface area (Å²) in [5.74, 6) is 1.24. The zero-order chi connectivity index (χ0) is 11.5. The van der Waals surface area contributed by atoms with Gasteiger partial charge in [0.15, 0.2) is 0 Å². The lowest BCUT2D eigenvalue weighted by atomic mass is 10.4. The second-order valence-electron chi connectivity index (χ2n) is 3.35. The Morgan fingerprint density at radius 3 is 2.81 bits per heavy atom. The molecule has 2 heterocycles. The van der Waals surface area contributed by atoms with E-state index in [2.05, 4.69) is 15.0 Å². The molecule has 84 valence electrons. The molecule has 0 aliphatic heterocycles. The van der Waals surface area contributed by atoms with Crippen LogP contribution in [0.15, 0.2) is 17.0 Å². The summed E-state index contributed by atoms with van der Waals surface area (Å²) < 4.78 is 0. The highest BCUT2D eigenvalue weighted by Crippen LogP contribution is 2.15. The molecular formula is C9H12N6S. The molecule has 0 saturated carbocycles. The molecule has 0 saturated heterocycles. The smallest absolute Gasteiger partial charge is 0.223 e. The first-order chi connectivity index (χ1) is 7.65. The van der Waals surface area contributed by atoms with Crippen LogP contribution in [-0.4, -0.2) is 22.0 Å². The van der Waals surface area contributed by atoms with Gasteiger partial charge in [-0.05, 0) is 0 Å². The summed E-state index contributed by atoms with van der Waals surface area (Å²) in [7, 11) is 1.90. The van der Waals surface area contributed by atoms with E-state index in [-0.39, 0.29) is 5.95 Å². The quantitative estimate of drug-likeness (QED) is 0.816. The molecule has 7 heteroatoms. The van der Waals surface area contributed by atoms with Crippen LogP contribution in [0.1, 0.15) is 5.69 Å². The lowest BCUT2D eigenvalue weighted by molar-refractivity contribution is 0.872. The first-order valence-corrected chi connectivity index (χ1v) is 5.57. The van der Waals surface area contributed by atoms with Gasteiger partial charge in [0.1, 0.15) is 11.6 Å². The van der Waals surface area contributed by atoms with Crippen molar-refractivity contribution in [1.82, 2.24) is 15.0 Å². The standard InChI is InChI=1S/C9H12N6S/c1-15(3-6-4-16-5-12-6)8-2-7(10)13-9(11)14-8/h2,4-5H,3H2,1H3,(H4,10,11,13,14). The predicted octanol–water partition coefficient (Wildman–Crippen LogP) is 0.734. The number of hydrogen-bond donors (Lipinski definition) is 2. The fourth-order valence-corrected chi connectivity index (χ4v) is 1.86. The third kappa shape index (κ3) is 2.37. The zero-order valence-electron chi connectivity index (χ0n) is 8.79. The minimum absolute atomic E-state index is 0.181. The molecule has 0 aliphatic rings. The molecule has 0 unspecified atom stereocenters. The molecule has 0 atom stereocenters. The minimum atomic E-state index is 0.181. The molecule has 2 aromatic heterocycles. The lowest BCUT2D eigenvalue weighted by Gasteiger charge is -2.17. The van der Waals surface area contributed by atoms with Crippen LogP contribution in [0.4, 0.5) is 17.6 Å².